The quantitative estimate of drug-likeness (QED) is 0.156. The maximum atomic E-state index is 2.63. The number of aromatic nitrogens is 3. The molecule has 3 heteroatoms. The minimum absolute atomic E-state index is 0.0230. The zero-order chi connectivity index (χ0) is 33.4. The van der Waals surface area contributed by atoms with Gasteiger partial charge in [-0.2, -0.15) is 9.13 Å². The monoisotopic (exact) mass is 631 g/mol. The van der Waals surface area contributed by atoms with Crippen LogP contribution in [0.3, 0.4) is 0 Å². The van der Waals surface area contributed by atoms with E-state index in [0.717, 1.165) is 25.7 Å². The highest BCUT2D eigenvalue weighted by molar-refractivity contribution is 5.83. The van der Waals surface area contributed by atoms with Crippen LogP contribution in [-0.2, 0) is 24.4 Å². The number of fused-ring (bicyclic) bond motifs is 5. The van der Waals surface area contributed by atoms with Gasteiger partial charge in [-0.25, -0.2) is 4.57 Å². The van der Waals surface area contributed by atoms with Crippen LogP contribution >= 0.6 is 0 Å². The van der Waals surface area contributed by atoms with Crippen LogP contribution in [0.4, 0.5) is 0 Å². The Morgan fingerprint density at radius 1 is 0.771 bits per heavy atom. The molecule has 3 unspecified atom stereocenters. The number of aryl methyl sites for hydroxylation is 2. The Balaban J connectivity index is 1.33. The third-order valence-corrected chi connectivity index (χ3v) is 12.5. The summed E-state index contributed by atoms with van der Waals surface area (Å²) in [7, 11) is 2.27. The number of pyridine rings is 1. The number of imidazole rings is 1. The second-order valence-corrected chi connectivity index (χ2v) is 14.8. The summed E-state index contributed by atoms with van der Waals surface area (Å²) in [6, 6.07) is 39.1. The van der Waals surface area contributed by atoms with Gasteiger partial charge in [0.25, 0.3) is 5.82 Å². The first kappa shape index (κ1) is 30.8. The van der Waals surface area contributed by atoms with E-state index >= 15 is 0 Å². The molecule has 0 bridgehead atoms. The molecule has 3 atom stereocenters. The molecule has 8 rings (SSSR count). The first-order chi connectivity index (χ1) is 23.3. The zero-order valence-electron chi connectivity index (χ0n) is 29.7. The summed E-state index contributed by atoms with van der Waals surface area (Å²) in [6.45, 7) is 14.4. The van der Waals surface area contributed by atoms with Crippen LogP contribution < -0.4 is 9.13 Å². The first-order valence-electron chi connectivity index (χ1n) is 18.1. The molecule has 4 heterocycles. The molecular formula is C45H49N3+2. The minimum Gasteiger partial charge on any atom is -0.225 e. The smallest absolute Gasteiger partial charge is 0.225 e. The van der Waals surface area contributed by atoms with E-state index in [1.165, 1.54) is 67.2 Å². The number of hydrogen-bond donors (Lipinski definition) is 0. The number of nitrogens with zero attached hydrogens (tertiary/aromatic N) is 3. The molecule has 6 aromatic rings. The number of para-hydroxylation sites is 2. The summed E-state index contributed by atoms with van der Waals surface area (Å²) >= 11 is 0. The van der Waals surface area contributed by atoms with Crippen molar-refractivity contribution in [2.24, 2.45) is 7.05 Å². The van der Waals surface area contributed by atoms with Crippen molar-refractivity contribution in [1.29, 1.82) is 0 Å². The Kier molecular flexibility index (Phi) is 7.25. The third kappa shape index (κ3) is 4.06. The first-order valence-corrected chi connectivity index (χ1v) is 18.1. The van der Waals surface area contributed by atoms with Gasteiger partial charge < -0.3 is 0 Å². The molecule has 4 aromatic carbocycles. The SMILES string of the molecule is CCC1(CCc2ccccc2-c2n(C)c3cccc4c3[n+]2-c2c(C(C)C)cccc2C4C)c2ccccc2-c2cccc[n+]2C1(C)CC. The van der Waals surface area contributed by atoms with Crippen LogP contribution in [0.25, 0.3) is 39.4 Å². The standard InChI is InChI=1S/C45H49N3/c1-8-44(6)45(9-2,38-24-13-12-20-37(38)39-25-14-15-29-47(39)44)28-27-32-18-10-11-19-36(32)43-46(7)40-26-17-23-35-31(5)34-22-16-21-33(30(3)4)41(34)48(43)42(35)40/h10-26,29-31H,8-9,27-28H2,1-7H3/q+2. The van der Waals surface area contributed by atoms with E-state index in [2.05, 4.69) is 172 Å². The molecule has 0 N–H and O–H groups in total. The molecule has 2 aliphatic heterocycles. The molecule has 48 heavy (non-hydrogen) atoms. The molecule has 3 nitrogen and oxygen atoms in total. The second kappa shape index (κ2) is 11.3. The van der Waals surface area contributed by atoms with Crippen molar-refractivity contribution < 1.29 is 9.13 Å². The van der Waals surface area contributed by atoms with E-state index in [0.29, 0.717) is 11.8 Å². The van der Waals surface area contributed by atoms with E-state index in [4.69, 9.17) is 0 Å². The van der Waals surface area contributed by atoms with Crippen LogP contribution in [0.15, 0.2) is 109 Å². The summed E-state index contributed by atoms with van der Waals surface area (Å²) in [5.41, 5.74) is 15.2. The van der Waals surface area contributed by atoms with Gasteiger partial charge in [0.1, 0.15) is 5.69 Å². The number of hydrogen-bond acceptors (Lipinski definition) is 0. The molecule has 2 aromatic heterocycles. The number of benzene rings is 4. The molecule has 0 saturated carbocycles. The van der Waals surface area contributed by atoms with Crippen LogP contribution in [0.2, 0.25) is 0 Å². The summed E-state index contributed by atoms with van der Waals surface area (Å²) < 4.78 is 7.69. The van der Waals surface area contributed by atoms with Crippen molar-refractivity contribution in [2.45, 2.75) is 90.0 Å². The van der Waals surface area contributed by atoms with Crippen molar-refractivity contribution in [3.8, 4) is 28.3 Å². The third-order valence-electron chi connectivity index (χ3n) is 12.5. The largest absolute Gasteiger partial charge is 0.295 e. The van der Waals surface area contributed by atoms with Gasteiger partial charge >= 0.3 is 0 Å². The molecule has 0 amide bonds. The molecule has 0 spiro atoms. The number of rotatable bonds is 7. The van der Waals surface area contributed by atoms with E-state index in [9.17, 15) is 0 Å². The van der Waals surface area contributed by atoms with E-state index < -0.39 is 0 Å². The van der Waals surface area contributed by atoms with Crippen LogP contribution in [0.1, 0.15) is 100 Å². The Bertz CT molecular complexity index is 2200. The summed E-state index contributed by atoms with van der Waals surface area (Å²) in [5, 5.41) is 0. The maximum absolute atomic E-state index is 2.63. The molecule has 242 valence electrons. The molecule has 2 aliphatic rings. The Morgan fingerprint density at radius 2 is 1.48 bits per heavy atom. The van der Waals surface area contributed by atoms with Gasteiger partial charge in [0.05, 0.1) is 23.6 Å². The second-order valence-electron chi connectivity index (χ2n) is 14.8. The van der Waals surface area contributed by atoms with Gasteiger partial charge in [0, 0.05) is 48.1 Å². The van der Waals surface area contributed by atoms with Crippen LogP contribution in [-0.4, -0.2) is 4.57 Å². The lowest BCUT2D eigenvalue weighted by atomic mass is 9.57. The van der Waals surface area contributed by atoms with Crippen LogP contribution in [0, 0.1) is 0 Å². The van der Waals surface area contributed by atoms with Gasteiger partial charge in [0.2, 0.25) is 5.69 Å². The molecule has 0 fully saturated rings. The van der Waals surface area contributed by atoms with Gasteiger partial charge in [-0.1, -0.05) is 101 Å². The highest BCUT2D eigenvalue weighted by Gasteiger charge is 2.58. The average Bonchev–Trinajstić information content (AvgIpc) is 3.42. The Labute approximate surface area is 286 Å². The van der Waals surface area contributed by atoms with Gasteiger partial charge in [-0.05, 0) is 60.6 Å². The maximum Gasteiger partial charge on any atom is 0.295 e. The lowest BCUT2D eigenvalue weighted by Gasteiger charge is -2.48. The molecule has 0 radical (unpaired) electrons. The molecular weight excluding hydrogens is 583 g/mol. The Morgan fingerprint density at radius 3 is 2.25 bits per heavy atom. The average molecular weight is 632 g/mol. The highest BCUT2D eigenvalue weighted by Crippen LogP contribution is 2.52. The predicted molar refractivity (Wildman–Crippen MR) is 198 cm³/mol. The van der Waals surface area contributed by atoms with Crippen LogP contribution in [0.5, 0.6) is 0 Å². The topological polar surface area (TPSA) is 12.7 Å². The van der Waals surface area contributed by atoms with Crippen molar-refractivity contribution in [3.05, 3.63) is 137 Å². The lowest BCUT2D eigenvalue weighted by Crippen LogP contribution is -2.68. The normalized spacial score (nSPS) is 20.9. The fourth-order valence-corrected chi connectivity index (χ4v) is 9.82. The van der Waals surface area contributed by atoms with Crippen molar-refractivity contribution >= 4 is 11.0 Å². The molecule has 0 saturated heterocycles. The van der Waals surface area contributed by atoms with Gasteiger partial charge in [-0.15, -0.1) is 0 Å². The Hall–Kier alpha value is -4.50. The van der Waals surface area contributed by atoms with E-state index in [1.807, 2.05) is 0 Å². The van der Waals surface area contributed by atoms with Crippen molar-refractivity contribution in [3.63, 3.8) is 0 Å². The van der Waals surface area contributed by atoms with Gasteiger partial charge in [0.15, 0.2) is 22.8 Å². The fourth-order valence-electron chi connectivity index (χ4n) is 9.82. The fraction of sp³-hybridized carbons (Fsp3) is 0.333. The zero-order valence-corrected chi connectivity index (χ0v) is 29.7. The highest BCUT2D eigenvalue weighted by atomic mass is 15.2. The van der Waals surface area contributed by atoms with E-state index in [1.54, 1.807) is 0 Å². The van der Waals surface area contributed by atoms with Crippen molar-refractivity contribution in [2.75, 3.05) is 0 Å². The lowest BCUT2D eigenvalue weighted by molar-refractivity contribution is -0.766. The summed E-state index contributed by atoms with van der Waals surface area (Å²) in [6.07, 6.45) is 6.55. The van der Waals surface area contributed by atoms with Crippen molar-refractivity contribution in [1.82, 2.24) is 4.57 Å². The molecule has 0 aliphatic carbocycles. The summed E-state index contributed by atoms with van der Waals surface area (Å²) in [5.74, 6) is 2.05. The van der Waals surface area contributed by atoms with Gasteiger partial charge in [-0.3, -0.25) is 0 Å². The predicted octanol–water partition coefficient (Wildman–Crippen LogP) is 10.1. The summed E-state index contributed by atoms with van der Waals surface area (Å²) in [4.78, 5) is 0. The van der Waals surface area contributed by atoms with E-state index in [-0.39, 0.29) is 11.0 Å². The minimum atomic E-state index is -0.0574.